The second-order valence-electron chi connectivity index (χ2n) is 15.3. The van der Waals surface area contributed by atoms with Crippen molar-refractivity contribution in [2.24, 2.45) is 0 Å². The van der Waals surface area contributed by atoms with Crippen LogP contribution in [0.4, 0.5) is 0 Å². The molecule has 0 saturated carbocycles. The Labute approximate surface area is 343 Å². The van der Waals surface area contributed by atoms with Crippen molar-refractivity contribution in [3.05, 3.63) is 229 Å². The summed E-state index contributed by atoms with van der Waals surface area (Å²) >= 11 is 0. The van der Waals surface area contributed by atoms with E-state index in [0.717, 1.165) is 0 Å². The Bertz CT molecular complexity index is 2650. The molecule has 9 aromatic rings. The SMILES string of the molecule is Cc1c(-c2ccccc2)cc(-c2cc(-c3ccccc3)c(-c3cc(-c4ccccc4)c(C)c(C)c3-c3ccccc3)cc2-c2ccccc2)c(-c2ccccc2)c1C. The molecule has 0 N–H and O–H groups in total. The zero-order valence-electron chi connectivity index (χ0n) is 33.6. The summed E-state index contributed by atoms with van der Waals surface area (Å²) in [4.78, 5) is 0. The van der Waals surface area contributed by atoms with E-state index in [1.165, 1.54) is 111 Å². The van der Waals surface area contributed by atoms with E-state index in [1.54, 1.807) is 0 Å². The summed E-state index contributed by atoms with van der Waals surface area (Å²) in [6, 6.07) is 75.4. The van der Waals surface area contributed by atoms with Gasteiger partial charge in [0.15, 0.2) is 0 Å². The van der Waals surface area contributed by atoms with Crippen LogP contribution >= 0.6 is 0 Å². The molecule has 0 unspecified atom stereocenters. The van der Waals surface area contributed by atoms with Gasteiger partial charge in [-0.05, 0) is 163 Å². The van der Waals surface area contributed by atoms with Gasteiger partial charge < -0.3 is 0 Å². The van der Waals surface area contributed by atoms with Crippen molar-refractivity contribution >= 4 is 0 Å². The smallest absolute Gasteiger partial charge is 0.00728 e. The standard InChI is InChI=1S/C58H46/c1-39-41(3)57(47-31-19-9-20-32-47)55(35-49(39)43-23-11-5-12-24-43)53-37-52(46-29-17-8-18-30-46)54(38-51(53)45-27-15-7-16-28-45)56-36-50(44-25-13-6-14-26-44)40(2)42(4)58(56)48-33-21-10-22-34-48/h5-38H,1-4H3. The minimum absolute atomic E-state index is 1.19. The maximum Gasteiger partial charge on any atom is -0.00728 e. The van der Waals surface area contributed by atoms with Gasteiger partial charge in [0.1, 0.15) is 0 Å². The highest BCUT2D eigenvalue weighted by molar-refractivity contribution is 6.03. The van der Waals surface area contributed by atoms with Crippen LogP contribution in [0.2, 0.25) is 0 Å². The second kappa shape index (κ2) is 15.8. The van der Waals surface area contributed by atoms with Crippen molar-refractivity contribution in [1.82, 2.24) is 0 Å². The molecule has 0 atom stereocenters. The van der Waals surface area contributed by atoms with E-state index >= 15 is 0 Å². The Balaban J connectivity index is 1.45. The summed E-state index contributed by atoms with van der Waals surface area (Å²) in [5.41, 5.74) is 24.8. The quantitative estimate of drug-likeness (QED) is 0.145. The van der Waals surface area contributed by atoms with E-state index in [0.29, 0.717) is 0 Å². The molecule has 0 aliphatic carbocycles. The summed E-state index contributed by atoms with van der Waals surface area (Å²) in [5.74, 6) is 0. The van der Waals surface area contributed by atoms with Crippen LogP contribution in [0.3, 0.4) is 0 Å². The number of rotatable bonds is 8. The maximum absolute atomic E-state index is 2.49. The highest BCUT2D eigenvalue weighted by atomic mass is 14.3. The first-order chi connectivity index (χ1) is 28.5. The predicted molar refractivity (Wildman–Crippen MR) is 249 cm³/mol. The Morgan fingerprint density at radius 2 is 0.414 bits per heavy atom. The molecule has 0 fully saturated rings. The highest BCUT2D eigenvalue weighted by Gasteiger charge is 2.25. The molecular formula is C58H46. The zero-order chi connectivity index (χ0) is 39.6. The Hall–Kier alpha value is -7.02. The molecule has 0 spiro atoms. The molecule has 0 saturated heterocycles. The third-order valence-electron chi connectivity index (χ3n) is 12.0. The molecule has 0 aliphatic heterocycles. The van der Waals surface area contributed by atoms with E-state index in [1.807, 2.05) is 0 Å². The van der Waals surface area contributed by atoms with Crippen molar-refractivity contribution in [1.29, 1.82) is 0 Å². The summed E-state index contributed by atoms with van der Waals surface area (Å²) < 4.78 is 0. The topological polar surface area (TPSA) is 0 Å². The fraction of sp³-hybridized carbons (Fsp3) is 0.0690. The van der Waals surface area contributed by atoms with Gasteiger partial charge in [0.25, 0.3) is 0 Å². The monoisotopic (exact) mass is 742 g/mol. The number of hydrogen-bond acceptors (Lipinski definition) is 0. The van der Waals surface area contributed by atoms with Crippen LogP contribution in [0.5, 0.6) is 0 Å². The van der Waals surface area contributed by atoms with Gasteiger partial charge in [0.05, 0.1) is 0 Å². The Morgan fingerprint density at radius 1 is 0.190 bits per heavy atom. The number of benzene rings is 9. The van der Waals surface area contributed by atoms with Crippen LogP contribution < -0.4 is 0 Å². The summed E-state index contributed by atoms with van der Waals surface area (Å²) in [7, 11) is 0. The van der Waals surface area contributed by atoms with Crippen LogP contribution in [-0.4, -0.2) is 0 Å². The average molecular weight is 743 g/mol. The molecule has 0 heterocycles. The van der Waals surface area contributed by atoms with Crippen molar-refractivity contribution < 1.29 is 0 Å². The Kier molecular flexibility index (Phi) is 10.0. The van der Waals surface area contributed by atoms with Gasteiger partial charge in [-0.15, -0.1) is 0 Å². The van der Waals surface area contributed by atoms with Crippen molar-refractivity contribution in [3.8, 4) is 89.0 Å². The average Bonchev–Trinajstić information content (AvgIpc) is 3.29. The highest BCUT2D eigenvalue weighted by Crippen LogP contribution is 2.50. The first kappa shape index (κ1) is 36.6. The molecule has 0 heteroatoms. The molecule has 0 aliphatic rings. The van der Waals surface area contributed by atoms with E-state index < -0.39 is 0 Å². The third-order valence-corrected chi connectivity index (χ3v) is 12.0. The molecular weight excluding hydrogens is 697 g/mol. The van der Waals surface area contributed by atoms with Crippen LogP contribution in [0, 0.1) is 27.7 Å². The third kappa shape index (κ3) is 6.78. The van der Waals surface area contributed by atoms with Crippen molar-refractivity contribution in [2.75, 3.05) is 0 Å². The van der Waals surface area contributed by atoms with Gasteiger partial charge >= 0.3 is 0 Å². The summed E-state index contributed by atoms with van der Waals surface area (Å²) in [6.07, 6.45) is 0. The lowest BCUT2D eigenvalue weighted by Crippen LogP contribution is -2.00. The van der Waals surface area contributed by atoms with Gasteiger partial charge in [0.2, 0.25) is 0 Å². The molecule has 0 radical (unpaired) electrons. The van der Waals surface area contributed by atoms with Crippen molar-refractivity contribution in [2.45, 2.75) is 27.7 Å². The molecule has 278 valence electrons. The fourth-order valence-electron chi connectivity index (χ4n) is 8.80. The van der Waals surface area contributed by atoms with Gasteiger partial charge in [0, 0.05) is 0 Å². The van der Waals surface area contributed by atoms with Crippen LogP contribution in [-0.2, 0) is 0 Å². The molecule has 9 rings (SSSR count). The molecule has 0 aromatic heterocycles. The zero-order valence-corrected chi connectivity index (χ0v) is 33.6. The van der Waals surface area contributed by atoms with Gasteiger partial charge in [-0.2, -0.15) is 0 Å². The first-order valence-electron chi connectivity index (χ1n) is 20.3. The second-order valence-corrected chi connectivity index (χ2v) is 15.3. The van der Waals surface area contributed by atoms with Gasteiger partial charge in [-0.3, -0.25) is 0 Å². The molecule has 58 heavy (non-hydrogen) atoms. The normalized spacial score (nSPS) is 11.1. The van der Waals surface area contributed by atoms with Gasteiger partial charge in [-0.25, -0.2) is 0 Å². The molecule has 0 bridgehead atoms. The minimum Gasteiger partial charge on any atom is -0.0622 e. The van der Waals surface area contributed by atoms with Crippen LogP contribution in [0.25, 0.3) is 89.0 Å². The fourth-order valence-corrected chi connectivity index (χ4v) is 8.80. The molecule has 9 aromatic carbocycles. The van der Waals surface area contributed by atoms with E-state index in [-0.39, 0.29) is 0 Å². The summed E-state index contributed by atoms with van der Waals surface area (Å²) in [6.45, 7) is 9.16. The first-order valence-corrected chi connectivity index (χ1v) is 20.3. The van der Waals surface area contributed by atoms with E-state index in [9.17, 15) is 0 Å². The lowest BCUT2D eigenvalue weighted by Gasteiger charge is -2.25. The van der Waals surface area contributed by atoms with Crippen LogP contribution in [0.15, 0.2) is 206 Å². The molecule has 0 amide bonds. The Morgan fingerprint density at radius 3 is 0.690 bits per heavy atom. The number of hydrogen-bond donors (Lipinski definition) is 0. The predicted octanol–water partition coefficient (Wildman–Crippen LogP) is 16.3. The lowest BCUT2D eigenvalue weighted by molar-refractivity contribution is 1.33. The van der Waals surface area contributed by atoms with Crippen molar-refractivity contribution in [3.63, 3.8) is 0 Å². The maximum atomic E-state index is 2.49. The van der Waals surface area contributed by atoms with E-state index in [4.69, 9.17) is 0 Å². The van der Waals surface area contributed by atoms with Crippen LogP contribution in [0.1, 0.15) is 22.3 Å². The summed E-state index contributed by atoms with van der Waals surface area (Å²) in [5, 5.41) is 0. The largest absolute Gasteiger partial charge is 0.0622 e. The van der Waals surface area contributed by atoms with Gasteiger partial charge in [-0.1, -0.05) is 182 Å². The molecule has 0 nitrogen and oxygen atoms in total. The van der Waals surface area contributed by atoms with E-state index in [2.05, 4.69) is 234 Å². The minimum atomic E-state index is 1.19. The lowest BCUT2D eigenvalue weighted by atomic mass is 9.78.